The molecule has 0 radical (unpaired) electrons. The van der Waals surface area contributed by atoms with E-state index in [1.807, 2.05) is 48.6 Å². The number of benzene rings is 2. The Labute approximate surface area is 156 Å². The van der Waals surface area contributed by atoms with Gasteiger partial charge in [0.1, 0.15) is 9.75 Å². The summed E-state index contributed by atoms with van der Waals surface area (Å²) >= 11 is 2.52. The smallest absolute Gasteiger partial charge is 0.345 e. The highest BCUT2D eigenvalue weighted by Gasteiger charge is 2.09. The standard InChI is InChI=1S/C20H12O4S2/c21-19(22)17-9-13-5-3-11(7-15(13)25-17)1-2-12-4-6-14-10-18(20(23)24)26-16(14)8-12/h1-10H,(H,21,22)(H,23,24)/b2-1-. The molecule has 4 aromatic rings. The third-order valence-corrected chi connectivity index (χ3v) is 6.15. The summed E-state index contributed by atoms with van der Waals surface area (Å²) in [4.78, 5) is 22.8. The highest BCUT2D eigenvalue weighted by atomic mass is 32.1. The Morgan fingerprint density at radius 3 is 1.50 bits per heavy atom. The van der Waals surface area contributed by atoms with Crippen molar-refractivity contribution in [1.29, 1.82) is 0 Å². The number of fused-ring (bicyclic) bond motifs is 2. The van der Waals surface area contributed by atoms with Crippen molar-refractivity contribution in [2.75, 3.05) is 0 Å². The van der Waals surface area contributed by atoms with Gasteiger partial charge >= 0.3 is 11.9 Å². The van der Waals surface area contributed by atoms with Gasteiger partial charge in [0, 0.05) is 9.40 Å². The van der Waals surface area contributed by atoms with E-state index in [0.29, 0.717) is 9.75 Å². The van der Waals surface area contributed by atoms with Crippen molar-refractivity contribution >= 4 is 66.9 Å². The summed E-state index contributed by atoms with van der Waals surface area (Å²) in [6.07, 6.45) is 3.93. The second-order valence-corrected chi connectivity index (χ2v) is 7.93. The minimum absolute atomic E-state index is 0.332. The number of hydrogen-bond donors (Lipinski definition) is 2. The number of carboxylic acids is 2. The number of thiophene rings is 2. The van der Waals surface area contributed by atoms with Crippen LogP contribution in [0.3, 0.4) is 0 Å². The maximum absolute atomic E-state index is 11.1. The predicted molar refractivity (Wildman–Crippen MR) is 106 cm³/mol. The first kappa shape index (κ1) is 16.5. The lowest BCUT2D eigenvalue weighted by atomic mass is 10.1. The van der Waals surface area contributed by atoms with Crippen LogP contribution in [-0.2, 0) is 0 Å². The van der Waals surface area contributed by atoms with Crippen molar-refractivity contribution in [1.82, 2.24) is 0 Å². The fourth-order valence-electron chi connectivity index (χ4n) is 2.71. The Kier molecular flexibility index (Phi) is 4.06. The molecule has 0 aliphatic rings. The molecule has 0 unspecified atom stereocenters. The maximum Gasteiger partial charge on any atom is 0.345 e. The summed E-state index contributed by atoms with van der Waals surface area (Å²) in [6.45, 7) is 0. The number of aromatic carboxylic acids is 2. The van der Waals surface area contributed by atoms with Crippen LogP contribution < -0.4 is 0 Å². The molecule has 2 N–H and O–H groups in total. The van der Waals surface area contributed by atoms with Gasteiger partial charge in [0.2, 0.25) is 0 Å². The Balaban J connectivity index is 1.64. The van der Waals surface area contributed by atoms with Crippen molar-refractivity contribution in [3.05, 3.63) is 69.4 Å². The first-order valence-corrected chi connectivity index (χ1v) is 9.35. The molecule has 26 heavy (non-hydrogen) atoms. The topological polar surface area (TPSA) is 74.6 Å². The van der Waals surface area contributed by atoms with Gasteiger partial charge in [0.05, 0.1) is 0 Å². The van der Waals surface area contributed by atoms with Crippen molar-refractivity contribution < 1.29 is 19.8 Å². The minimum Gasteiger partial charge on any atom is -0.477 e. The SMILES string of the molecule is O=C(O)c1cc2ccc(/C=C\c3ccc4cc(C(=O)O)sc4c3)cc2s1. The zero-order chi connectivity index (χ0) is 18.3. The molecule has 4 rings (SSSR count). The highest BCUT2D eigenvalue weighted by Crippen LogP contribution is 2.29. The van der Waals surface area contributed by atoms with Gasteiger partial charge in [0.25, 0.3) is 0 Å². The molecule has 6 heteroatoms. The minimum atomic E-state index is -0.909. The van der Waals surface area contributed by atoms with Crippen LogP contribution in [0.1, 0.15) is 30.5 Å². The summed E-state index contributed by atoms with van der Waals surface area (Å²) in [5.41, 5.74) is 1.96. The van der Waals surface area contributed by atoms with Gasteiger partial charge in [-0.25, -0.2) is 9.59 Å². The molecule has 2 aromatic carbocycles. The lowest BCUT2D eigenvalue weighted by Crippen LogP contribution is -1.89. The Morgan fingerprint density at radius 2 is 1.12 bits per heavy atom. The predicted octanol–water partition coefficient (Wildman–Crippen LogP) is 5.68. The molecule has 0 amide bonds. The summed E-state index contributed by atoms with van der Waals surface area (Å²) < 4.78 is 1.87. The first-order valence-electron chi connectivity index (χ1n) is 7.71. The highest BCUT2D eigenvalue weighted by molar-refractivity contribution is 7.21. The second-order valence-electron chi connectivity index (χ2n) is 5.76. The Bertz CT molecular complexity index is 1100. The number of carboxylic acid groups (broad SMARTS) is 2. The molecule has 2 aromatic heterocycles. The molecular weight excluding hydrogens is 368 g/mol. The fraction of sp³-hybridized carbons (Fsp3) is 0. The van der Waals surface area contributed by atoms with Crippen molar-refractivity contribution in [3.63, 3.8) is 0 Å². The largest absolute Gasteiger partial charge is 0.477 e. The summed E-state index contributed by atoms with van der Waals surface area (Å²) in [5, 5.41) is 20.0. The molecule has 0 saturated heterocycles. The number of hydrogen-bond acceptors (Lipinski definition) is 4. The van der Waals surface area contributed by atoms with Crippen LogP contribution in [0.25, 0.3) is 32.3 Å². The van der Waals surface area contributed by atoms with E-state index in [1.54, 1.807) is 12.1 Å². The van der Waals surface area contributed by atoms with Crippen LogP contribution >= 0.6 is 22.7 Å². The van der Waals surface area contributed by atoms with Crippen LogP contribution in [-0.4, -0.2) is 22.2 Å². The molecule has 128 valence electrons. The zero-order valence-electron chi connectivity index (χ0n) is 13.3. The normalized spacial score (nSPS) is 11.5. The Hall–Kier alpha value is -2.96. The Morgan fingerprint density at radius 1 is 0.692 bits per heavy atom. The van der Waals surface area contributed by atoms with Gasteiger partial charge < -0.3 is 10.2 Å². The quantitative estimate of drug-likeness (QED) is 0.447. The summed E-state index contributed by atoms with van der Waals surface area (Å²) in [5.74, 6) is -1.82. The average molecular weight is 380 g/mol. The molecule has 0 saturated carbocycles. The molecular formula is C20H12O4S2. The molecule has 2 heterocycles. The van der Waals surface area contributed by atoms with Crippen LogP contribution in [0, 0.1) is 0 Å². The summed E-state index contributed by atoms with van der Waals surface area (Å²) in [7, 11) is 0. The van der Waals surface area contributed by atoms with Gasteiger partial charge in [-0.3, -0.25) is 0 Å². The van der Waals surface area contributed by atoms with Gasteiger partial charge in [-0.15, -0.1) is 22.7 Å². The van der Waals surface area contributed by atoms with E-state index >= 15 is 0 Å². The number of carbonyl (C=O) groups is 2. The van der Waals surface area contributed by atoms with Crippen LogP contribution in [0.4, 0.5) is 0 Å². The van der Waals surface area contributed by atoms with E-state index in [1.165, 1.54) is 22.7 Å². The number of rotatable bonds is 4. The van der Waals surface area contributed by atoms with E-state index in [-0.39, 0.29) is 0 Å². The van der Waals surface area contributed by atoms with Gasteiger partial charge in [0.15, 0.2) is 0 Å². The van der Waals surface area contributed by atoms with Gasteiger partial charge in [-0.1, -0.05) is 36.4 Å². The third-order valence-electron chi connectivity index (χ3n) is 3.98. The lowest BCUT2D eigenvalue weighted by molar-refractivity contribution is 0.0691. The molecule has 0 spiro atoms. The van der Waals surface area contributed by atoms with E-state index in [2.05, 4.69) is 0 Å². The summed E-state index contributed by atoms with van der Waals surface area (Å²) in [6, 6.07) is 15.0. The zero-order valence-corrected chi connectivity index (χ0v) is 14.9. The maximum atomic E-state index is 11.1. The molecule has 0 atom stereocenters. The van der Waals surface area contributed by atoms with Gasteiger partial charge in [-0.05, 0) is 46.2 Å². The van der Waals surface area contributed by atoms with Crippen molar-refractivity contribution in [2.24, 2.45) is 0 Å². The van der Waals surface area contributed by atoms with Crippen LogP contribution in [0.2, 0.25) is 0 Å². The molecule has 4 nitrogen and oxygen atoms in total. The van der Waals surface area contributed by atoms with E-state index in [9.17, 15) is 9.59 Å². The van der Waals surface area contributed by atoms with Crippen molar-refractivity contribution in [3.8, 4) is 0 Å². The van der Waals surface area contributed by atoms with E-state index < -0.39 is 11.9 Å². The van der Waals surface area contributed by atoms with Gasteiger partial charge in [-0.2, -0.15) is 0 Å². The fourth-order valence-corrected chi connectivity index (χ4v) is 4.61. The molecule has 0 aliphatic heterocycles. The van der Waals surface area contributed by atoms with E-state index in [4.69, 9.17) is 10.2 Å². The van der Waals surface area contributed by atoms with E-state index in [0.717, 1.165) is 31.3 Å². The monoisotopic (exact) mass is 380 g/mol. The first-order chi connectivity index (χ1) is 12.5. The van der Waals surface area contributed by atoms with Crippen LogP contribution in [0.5, 0.6) is 0 Å². The lowest BCUT2D eigenvalue weighted by Gasteiger charge is -1.96. The molecule has 0 aliphatic carbocycles. The third kappa shape index (κ3) is 3.12. The van der Waals surface area contributed by atoms with Crippen molar-refractivity contribution in [2.45, 2.75) is 0 Å². The molecule has 0 fully saturated rings. The average Bonchev–Trinajstić information content (AvgIpc) is 3.23. The second kappa shape index (κ2) is 6.40. The van der Waals surface area contributed by atoms with Crippen LogP contribution in [0.15, 0.2) is 48.5 Å². The molecule has 0 bridgehead atoms.